The molecule has 0 saturated heterocycles. The van der Waals surface area contributed by atoms with Crippen molar-refractivity contribution in [1.82, 2.24) is 9.38 Å². The van der Waals surface area contributed by atoms with Gasteiger partial charge in [0.2, 0.25) is 0 Å². The van der Waals surface area contributed by atoms with Crippen LogP contribution in [0.15, 0.2) is 54.6 Å². The molecule has 3 nitrogen and oxygen atoms in total. The zero-order valence-corrected chi connectivity index (χ0v) is 16.2. The van der Waals surface area contributed by atoms with Crippen molar-refractivity contribution in [2.75, 3.05) is 5.32 Å². The van der Waals surface area contributed by atoms with Crippen LogP contribution in [0.3, 0.4) is 0 Å². The summed E-state index contributed by atoms with van der Waals surface area (Å²) in [5.41, 5.74) is 4.05. The summed E-state index contributed by atoms with van der Waals surface area (Å²) >= 11 is 12.7. The number of aromatic nitrogens is 2. The Morgan fingerprint density at radius 3 is 2.37 bits per heavy atom. The van der Waals surface area contributed by atoms with Crippen LogP contribution in [0.1, 0.15) is 11.3 Å². The van der Waals surface area contributed by atoms with Gasteiger partial charge in [-0.15, -0.1) is 0 Å². The molecule has 27 heavy (non-hydrogen) atoms. The standard InChI is InChI=1S/C21H16Cl2FN3/c1-12-6-3-9-15(23)19(12)26-21-20(18-14(22)8-5-10-16(18)24)25-17-11-4-7-13(2)27(17)21/h3-11,26H,1-2H3. The number of pyridine rings is 1. The van der Waals surface area contributed by atoms with Gasteiger partial charge in [0.05, 0.1) is 21.3 Å². The smallest absolute Gasteiger partial charge is 0.143 e. The maximum absolute atomic E-state index is 14.7. The van der Waals surface area contributed by atoms with Gasteiger partial charge in [0, 0.05) is 5.69 Å². The lowest BCUT2D eigenvalue weighted by Gasteiger charge is -2.14. The molecule has 0 spiro atoms. The van der Waals surface area contributed by atoms with Gasteiger partial charge in [-0.1, -0.05) is 47.5 Å². The quantitative estimate of drug-likeness (QED) is 0.409. The molecule has 0 bridgehead atoms. The van der Waals surface area contributed by atoms with Crippen LogP contribution in [-0.4, -0.2) is 9.38 Å². The second-order valence-corrected chi connectivity index (χ2v) is 7.14. The number of imidazole rings is 1. The molecule has 0 aliphatic carbocycles. The largest absolute Gasteiger partial charge is 0.338 e. The lowest BCUT2D eigenvalue weighted by atomic mass is 10.1. The summed E-state index contributed by atoms with van der Waals surface area (Å²) in [6.07, 6.45) is 0. The lowest BCUT2D eigenvalue weighted by molar-refractivity contribution is 0.631. The van der Waals surface area contributed by atoms with Crippen molar-refractivity contribution in [2.45, 2.75) is 13.8 Å². The summed E-state index contributed by atoms with van der Waals surface area (Å²) in [5.74, 6) is 0.189. The number of hydrogen-bond donors (Lipinski definition) is 1. The predicted octanol–water partition coefficient (Wildman–Crippen LogP) is 6.81. The maximum atomic E-state index is 14.7. The summed E-state index contributed by atoms with van der Waals surface area (Å²) < 4.78 is 16.6. The molecule has 0 unspecified atom stereocenters. The molecule has 0 aliphatic heterocycles. The predicted molar refractivity (Wildman–Crippen MR) is 110 cm³/mol. The second kappa shape index (κ2) is 6.87. The van der Waals surface area contributed by atoms with E-state index >= 15 is 0 Å². The average Bonchev–Trinajstić information content (AvgIpc) is 2.97. The van der Waals surface area contributed by atoms with Crippen molar-refractivity contribution in [2.24, 2.45) is 0 Å². The third kappa shape index (κ3) is 3.05. The van der Waals surface area contributed by atoms with Crippen molar-refractivity contribution in [3.8, 4) is 11.3 Å². The van der Waals surface area contributed by atoms with Gasteiger partial charge < -0.3 is 5.32 Å². The van der Waals surface area contributed by atoms with Gasteiger partial charge >= 0.3 is 0 Å². The van der Waals surface area contributed by atoms with Gasteiger partial charge in [-0.2, -0.15) is 0 Å². The van der Waals surface area contributed by atoms with Crippen LogP contribution in [0.5, 0.6) is 0 Å². The Hall–Kier alpha value is -2.56. The van der Waals surface area contributed by atoms with E-state index in [1.54, 1.807) is 12.1 Å². The fourth-order valence-corrected chi connectivity index (χ4v) is 3.70. The first-order valence-corrected chi connectivity index (χ1v) is 9.17. The molecule has 1 N–H and O–H groups in total. The molecule has 2 aromatic carbocycles. The molecule has 0 radical (unpaired) electrons. The minimum Gasteiger partial charge on any atom is -0.338 e. The highest BCUT2D eigenvalue weighted by molar-refractivity contribution is 6.34. The molecule has 2 heterocycles. The summed E-state index contributed by atoms with van der Waals surface area (Å²) in [5, 5.41) is 4.24. The summed E-state index contributed by atoms with van der Waals surface area (Å²) in [4.78, 5) is 4.65. The third-order valence-corrected chi connectivity index (χ3v) is 5.13. The fraction of sp³-hybridized carbons (Fsp3) is 0.0952. The van der Waals surface area contributed by atoms with Crippen molar-refractivity contribution < 1.29 is 4.39 Å². The van der Waals surface area contributed by atoms with Crippen molar-refractivity contribution in [3.63, 3.8) is 0 Å². The van der Waals surface area contributed by atoms with Crippen LogP contribution < -0.4 is 5.32 Å². The normalized spacial score (nSPS) is 11.1. The van der Waals surface area contributed by atoms with Crippen LogP contribution in [0.25, 0.3) is 16.9 Å². The molecule has 6 heteroatoms. The fourth-order valence-electron chi connectivity index (χ4n) is 3.18. The number of fused-ring (bicyclic) bond motifs is 1. The Kier molecular flexibility index (Phi) is 4.54. The monoisotopic (exact) mass is 399 g/mol. The van der Waals surface area contributed by atoms with E-state index in [0.29, 0.717) is 27.2 Å². The van der Waals surface area contributed by atoms with Gasteiger partial charge in [-0.25, -0.2) is 9.37 Å². The van der Waals surface area contributed by atoms with Crippen LogP contribution >= 0.6 is 23.2 Å². The van der Waals surface area contributed by atoms with Crippen LogP contribution in [0.4, 0.5) is 15.9 Å². The number of benzene rings is 2. The summed E-state index contributed by atoms with van der Waals surface area (Å²) in [6, 6.07) is 16.0. The number of aryl methyl sites for hydroxylation is 2. The van der Waals surface area contributed by atoms with Crippen LogP contribution in [0.2, 0.25) is 10.0 Å². The maximum Gasteiger partial charge on any atom is 0.143 e. The lowest BCUT2D eigenvalue weighted by Crippen LogP contribution is -2.02. The van der Waals surface area contributed by atoms with Crippen LogP contribution in [-0.2, 0) is 0 Å². The number of para-hydroxylation sites is 1. The van der Waals surface area contributed by atoms with Gasteiger partial charge in [-0.05, 0) is 49.7 Å². The van der Waals surface area contributed by atoms with E-state index in [2.05, 4.69) is 10.3 Å². The first-order chi connectivity index (χ1) is 13.0. The highest BCUT2D eigenvalue weighted by Gasteiger charge is 2.21. The molecule has 4 rings (SSSR count). The molecule has 0 atom stereocenters. The average molecular weight is 400 g/mol. The SMILES string of the molecule is Cc1cccc(Cl)c1Nc1c(-c2c(F)cccc2Cl)nc2cccc(C)n12. The molecule has 0 amide bonds. The Morgan fingerprint density at radius 2 is 1.63 bits per heavy atom. The third-order valence-electron chi connectivity index (χ3n) is 4.50. The molecule has 0 saturated carbocycles. The van der Waals surface area contributed by atoms with Crippen molar-refractivity contribution in [1.29, 1.82) is 0 Å². The molecule has 2 aromatic heterocycles. The highest BCUT2D eigenvalue weighted by Crippen LogP contribution is 2.39. The minimum atomic E-state index is -0.428. The van der Waals surface area contributed by atoms with E-state index in [9.17, 15) is 4.39 Å². The van der Waals surface area contributed by atoms with Gasteiger partial charge in [-0.3, -0.25) is 4.40 Å². The Labute approximate surface area is 166 Å². The zero-order valence-electron chi connectivity index (χ0n) is 14.7. The van der Waals surface area contributed by atoms with Crippen molar-refractivity contribution >= 4 is 40.4 Å². The van der Waals surface area contributed by atoms with E-state index in [0.717, 1.165) is 16.9 Å². The molecular formula is C21H16Cl2FN3. The first kappa shape index (κ1) is 17.8. The van der Waals surface area contributed by atoms with Crippen LogP contribution in [0, 0.1) is 19.7 Å². The number of rotatable bonds is 3. The summed E-state index contributed by atoms with van der Waals surface area (Å²) in [7, 11) is 0. The van der Waals surface area contributed by atoms with Gasteiger partial charge in [0.25, 0.3) is 0 Å². The van der Waals surface area contributed by atoms with E-state index in [4.69, 9.17) is 23.2 Å². The number of nitrogens with one attached hydrogen (secondary N) is 1. The molecule has 136 valence electrons. The van der Waals surface area contributed by atoms with E-state index in [1.807, 2.05) is 54.6 Å². The number of anilines is 2. The number of halogens is 3. The van der Waals surface area contributed by atoms with E-state index in [-0.39, 0.29) is 5.56 Å². The minimum absolute atomic E-state index is 0.259. The molecule has 0 aliphatic rings. The molecular weight excluding hydrogens is 384 g/mol. The Morgan fingerprint density at radius 1 is 0.926 bits per heavy atom. The molecule has 0 fully saturated rings. The molecule has 4 aromatic rings. The zero-order chi connectivity index (χ0) is 19.1. The second-order valence-electron chi connectivity index (χ2n) is 6.32. The first-order valence-electron chi connectivity index (χ1n) is 8.42. The highest BCUT2D eigenvalue weighted by atomic mass is 35.5. The number of hydrogen-bond acceptors (Lipinski definition) is 2. The Bertz CT molecular complexity index is 1130. The van der Waals surface area contributed by atoms with E-state index < -0.39 is 5.82 Å². The van der Waals surface area contributed by atoms with E-state index in [1.165, 1.54) is 6.07 Å². The Balaban J connectivity index is 2.03. The van der Waals surface area contributed by atoms with Gasteiger partial charge in [0.15, 0.2) is 0 Å². The number of nitrogens with zero attached hydrogens (tertiary/aromatic N) is 2. The van der Waals surface area contributed by atoms with Crippen molar-refractivity contribution in [3.05, 3.63) is 81.7 Å². The topological polar surface area (TPSA) is 29.3 Å². The summed E-state index contributed by atoms with van der Waals surface area (Å²) in [6.45, 7) is 3.92. The van der Waals surface area contributed by atoms with Gasteiger partial charge in [0.1, 0.15) is 23.0 Å².